The third-order valence-electron chi connectivity index (χ3n) is 1.86. The van der Waals surface area contributed by atoms with E-state index in [1.165, 1.54) is 0 Å². The number of alkyl halides is 2. The van der Waals surface area contributed by atoms with Crippen LogP contribution in [0.5, 0.6) is 11.5 Å². The molecule has 0 atom stereocenters. The number of phenolic OH excluding ortho intramolecular Hbond substituents is 2. The maximum atomic E-state index is 13.2. The van der Waals surface area contributed by atoms with Gasteiger partial charge in [0, 0.05) is 12.0 Å². The van der Waals surface area contributed by atoms with Gasteiger partial charge in [0.2, 0.25) is 0 Å². The summed E-state index contributed by atoms with van der Waals surface area (Å²) < 4.78 is 26.4. The monoisotopic (exact) mass is 203 g/mol. The fourth-order valence-corrected chi connectivity index (χ4v) is 1.08. The van der Waals surface area contributed by atoms with E-state index in [1.54, 1.807) is 0 Å². The first-order chi connectivity index (χ1) is 6.47. The second kappa shape index (κ2) is 3.79. The van der Waals surface area contributed by atoms with Crippen molar-refractivity contribution in [2.45, 2.75) is 12.3 Å². The average Bonchev–Trinajstić information content (AvgIpc) is 2.09. The molecule has 1 rings (SSSR count). The molecule has 3 nitrogen and oxygen atoms in total. The van der Waals surface area contributed by atoms with Crippen LogP contribution in [-0.2, 0) is 5.92 Å². The van der Waals surface area contributed by atoms with E-state index < -0.39 is 23.8 Å². The first-order valence-electron chi connectivity index (χ1n) is 4.08. The molecular weight excluding hydrogens is 192 g/mol. The van der Waals surface area contributed by atoms with E-state index in [1.807, 2.05) is 0 Å². The van der Waals surface area contributed by atoms with Gasteiger partial charge in [0.15, 0.2) is 11.5 Å². The van der Waals surface area contributed by atoms with Crippen LogP contribution in [0, 0.1) is 0 Å². The standard InChI is InChI=1S/C9H11F2NO2/c10-9(11,3-4-12)6-1-2-7(13)8(14)5-6/h1-2,5,13-14H,3-4,12H2. The van der Waals surface area contributed by atoms with Crippen molar-refractivity contribution < 1.29 is 19.0 Å². The van der Waals surface area contributed by atoms with Gasteiger partial charge in [0.05, 0.1) is 0 Å². The van der Waals surface area contributed by atoms with Gasteiger partial charge >= 0.3 is 0 Å². The summed E-state index contributed by atoms with van der Waals surface area (Å²) in [6.07, 6.45) is -0.489. The van der Waals surface area contributed by atoms with Gasteiger partial charge in [0.25, 0.3) is 5.92 Å². The summed E-state index contributed by atoms with van der Waals surface area (Å²) in [7, 11) is 0. The van der Waals surface area contributed by atoms with E-state index in [-0.39, 0.29) is 12.1 Å². The molecule has 0 unspecified atom stereocenters. The zero-order valence-electron chi connectivity index (χ0n) is 7.37. The number of nitrogens with two attached hydrogens (primary N) is 1. The van der Waals surface area contributed by atoms with Gasteiger partial charge in [0.1, 0.15) is 0 Å². The summed E-state index contributed by atoms with van der Waals surface area (Å²) in [5, 5.41) is 17.9. The number of benzene rings is 1. The van der Waals surface area contributed by atoms with Crippen LogP contribution in [0.2, 0.25) is 0 Å². The molecule has 0 saturated carbocycles. The Kier molecular flexibility index (Phi) is 2.90. The number of hydrogen-bond acceptors (Lipinski definition) is 3. The van der Waals surface area contributed by atoms with Crippen LogP contribution in [0.1, 0.15) is 12.0 Å². The Morgan fingerprint density at radius 2 is 1.86 bits per heavy atom. The molecule has 0 bridgehead atoms. The van der Waals surface area contributed by atoms with Gasteiger partial charge in [-0.15, -0.1) is 0 Å². The highest BCUT2D eigenvalue weighted by Crippen LogP contribution is 2.35. The molecule has 0 heterocycles. The van der Waals surface area contributed by atoms with Crippen LogP contribution in [0.25, 0.3) is 0 Å². The molecular formula is C9H11F2NO2. The Bertz CT molecular complexity index is 329. The van der Waals surface area contributed by atoms with Gasteiger partial charge in [-0.2, -0.15) is 0 Å². The molecule has 0 amide bonds. The smallest absolute Gasteiger partial charge is 0.274 e. The molecule has 0 radical (unpaired) electrons. The molecule has 0 spiro atoms. The fourth-order valence-electron chi connectivity index (χ4n) is 1.08. The Hall–Kier alpha value is -1.36. The topological polar surface area (TPSA) is 66.5 Å². The highest BCUT2D eigenvalue weighted by molar-refractivity contribution is 5.41. The highest BCUT2D eigenvalue weighted by Gasteiger charge is 2.30. The van der Waals surface area contributed by atoms with E-state index >= 15 is 0 Å². The molecule has 0 aliphatic rings. The van der Waals surface area contributed by atoms with Crippen molar-refractivity contribution in [2.24, 2.45) is 5.73 Å². The van der Waals surface area contributed by atoms with E-state index in [9.17, 15) is 8.78 Å². The predicted molar refractivity (Wildman–Crippen MR) is 47.3 cm³/mol. The molecule has 5 heteroatoms. The minimum atomic E-state index is -3.07. The summed E-state index contributed by atoms with van der Waals surface area (Å²) in [6, 6.07) is 2.92. The minimum Gasteiger partial charge on any atom is -0.504 e. The van der Waals surface area contributed by atoms with Gasteiger partial charge in [-0.1, -0.05) is 0 Å². The molecule has 1 aromatic carbocycles. The van der Waals surface area contributed by atoms with Crippen molar-refractivity contribution in [1.29, 1.82) is 0 Å². The summed E-state index contributed by atoms with van der Waals surface area (Å²) in [4.78, 5) is 0. The van der Waals surface area contributed by atoms with Crippen molar-refractivity contribution >= 4 is 0 Å². The van der Waals surface area contributed by atoms with Crippen molar-refractivity contribution in [3.05, 3.63) is 23.8 Å². The maximum Gasteiger partial charge on any atom is 0.274 e. The first-order valence-corrected chi connectivity index (χ1v) is 4.08. The summed E-state index contributed by atoms with van der Waals surface area (Å²) >= 11 is 0. The zero-order valence-corrected chi connectivity index (χ0v) is 7.37. The van der Waals surface area contributed by atoms with Crippen LogP contribution in [0.4, 0.5) is 8.78 Å². The Balaban J connectivity index is 3.01. The Morgan fingerprint density at radius 1 is 1.21 bits per heavy atom. The van der Waals surface area contributed by atoms with Gasteiger partial charge < -0.3 is 15.9 Å². The predicted octanol–water partition coefficient (Wildman–Crippen LogP) is 1.54. The largest absolute Gasteiger partial charge is 0.504 e. The molecule has 0 saturated heterocycles. The Labute approximate surface area is 79.8 Å². The maximum absolute atomic E-state index is 13.2. The highest BCUT2D eigenvalue weighted by atomic mass is 19.3. The average molecular weight is 203 g/mol. The van der Waals surface area contributed by atoms with Gasteiger partial charge in [-0.05, 0) is 24.7 Å². The second-order valence-electron chi connectivity index (χ2n) is 2.95. The summed E-state index contributed by atoms with van der Waals surface area (Å²) in [5.41, 5.74) is 4.68. The van der Waals surface area contributed by atoms with Gasteiger partial charge in [-0.3, -0.25) is 0 Å². The van der Waals surface area contributed by atoms with Gasteiger partial charge in [-0.25, -0.2) is 8.78 Å². The molecule has 78 valence electrons. The van der Waals surface area contributed by atoms with Crippen LogP contribution in [-0.4, -0.2) is 16.8 Å². The van der Waals surface area contributed by atoms with Crippen molar-refractivity contribution in [2.75, 3.05) is 6.54 Å². The normalized spacial score (nSPS) is 11.6. The van der Waals surface area contributed by atoms with E-state index in [0.29, 0.717) is 0 Å². The lowest BCUT2D eigenvalue weighted by atomic mass is 10.1. The molecule has 1 aromatic rings. The SMILES string of the molecule is NCCC(F)(F)c1ccc(O)c(O)c1. The quantitative estimate of drug-likeness (QED) is 0.653. The lowest BCUT2D eigenvalue weighted by Gasteiger charge is -2.15. The number of phenols is 2. The third-order valence-corrected chi connectivity index (χ3v) is 1.86. The van der Waals surface area contributed by atoms with E-state index in [0.717, 1.165) is 18.2 Å². The molecule has 4 N–H and O–H groups in total. The minimum absolute atomic E-state index is 0.144. The molecule has 0 aliphatic carbocycles. The van der Waals surface area contributed by atoms with Crippen LogP contribution < -0.4 is 5.73 Å². The molecule has 0 aromatic heterocycles. The van der Waals surface area contributed by atoms with E-state index in [2.05, 4.69) is 0 Å². The number of hydrogen-bond donors (Lipinski definition) is 3. The van der Waals surface area contributed by atoms with Crippen molar-refractivity contribution in [3.8, 4) is 11.5 Å². The van der Waals surface area contributed by atoms with Crippen molar-refractivity contribution in [1.82, 2.24) is 0 Å². The first kappa shape index (κ1) is 10.7. The number of halogens is 2. The number of rotatable bonds is 3. The number of aromatic hydroxyl groups is 2. The Morgan fingerprint density at radius 3 is 2.36 bits per heavy atom. The third kappa shape index (κ3) is 2.11. The van der Waals surface area contributed by atoms with E-state index in [4.69, 9.17) is 15.9 Å². The lowest BCUT2D eigenvalue weighted by molar-refractivity contribution is -0.0109. The van der Waals surface area contributed by atoms with Crippen LogP contribution in [0.3, 0.4) is 0 Å². The fraction of sp³-hybridized carbons (Fsp3) is 0.333. The summed E-state index contributed by atoms with van der Waals surface area (Å²) in [6.45, 7) is -0.144. The van der Waals surface area contributed by atoms with Crippen LogP contribution >= 0.6 is 0 Å². The zero-order chi connectivity index (χ0) is 10.8. The molecule has 0 aliphatic heterocycles. The summed E-state index contributed by atoms with van der Waals surface area (Å²) in [5.74, 6) is -4.04. The molecule has 0 fully saturated rings. The molecule has 14 heavy (non-hydrogen) atoms. The second-order valence-corrected chi connectivity index (χ2v) is 2.95. The lowest BCUT2D eigenvalue weighted by Crippen LogP contribution is -2.18. The van der Waals surface area contributed by atoms with Crippen molar-refractivity contribution in [3.63, 3.8) is 0 Å². The van der Waals surface area contributed by atoms with Crippen LogP contribution in [0.15, 0.2) is 18.2 Å².